The summed E-state index contributed by atoms with van der Waals surface area (Å²) in [6.45, 7) is 6.35. The summed E-state index contributed by atoms with van der Waals surface area (Å²) in [6, 6.07) is 14.8. The molecule has 1 heterocycles. The van der Waals surface area contributed by atoms with Gasteiger partial charge in [0.25, 0.3) is 5.91 Å². The molecule has 3 rings (SSSR count). The number of amides is 1. The molecule has 0 fully saturated rings. The van der Waals surface area contributed by atoms with E-state index in [-0.39, 0.29) is 31.5 Å². The summed E-state index contributed by atoms with van der Waals surface area (Å²) >= 11 is 0. The van der Waals surface area contributed by atoms with Crippen LogP contribution in [-0.4, -0.2) is 47.8 Å². The van der Waals surface area contributed by atoms with Crippen LogP contribution in [0.1, 0.15) is 43.9 Å². The number of hydrazine groups is 1. The molecule has 2 atom stereocenters. The Morgan fingerprint density at radius 1 is 1.26 bits per heavy atom. The number of azide groups is 1. The predicted octanol–water partition coefficient (Wildman–Crippen LogP) is 3.43. The molecule has 1 aliphatic heterocycles. The van der Waals surface area contributed by atoms with E-state index in [9.17, 15) is 4.79 Å². The van der Waals surface area contributed by atoms with Crippen LogP contribution < -0.4 is 15.6 Å². The molecule has 0 saturated carbocycles. The normalized spacial score (nSPS) is 19.0. The van der Waals surface area contributed by atoms with Gasteiger partial charge in [-0.25, -0.2) is 10.4 Å². The Kier molecular flexibility index (Phi) is 9.08. The molecule has 0 aromatic heterocycles. The van der Waals surface area contributed by atoms with E-state index in [0.29, 0.717) is 24.7 Å². The molecule has 186 valence electrons. The average Bonchev–Trinajstić information content (AvgIpc) is 3.19. The van der Waals surface area contributed by atoms with Crippen LogP contribution in [0, 0.1) is 0 Å². The predicted molar refractivity (Wildman–Crippen MR) is 133 cm³/mol. The Labute approximate surface area is 205 Å². The smallest absolute Gasteiger partial charge is 0.266 e. The fourth-order valence-electron chi connectivity index (χ4n) is 3.74. The summed E-state index contributed by atoms with van der Waals surface area (Å²) in [4.78, 5) is 21.2. The molecule has 2 aromatic carbocycles. The van der Waals surface area contributed by atoms with Gasteiger partial charge in [-0.15, -0.1) is 0 Å². The summed E-state index contributed by atoms with van der Waals surface area (Å²) in [5, 5.41) is 12.6. The molecule has 10 nitrogen and oxygen atoms in total. The minimum atomic E-state index is -1.24. The topological polar surface area (TPSA) is 141 Å². The number of nitrogens with zero attached hydrogens (tertiary/aromatic N) is 4. The summed E-state index contributed by atoms with van der Waals surface area (Å²) in [5.74, 6) is 0.730. The first-order valence-electron chi connectivity index (χ1n) is 11.6. The summed E-state index contributed by atoms with van der Waals surface area (Å²) < 4.78 is 11.7. The first kappa shape index (κ1) is 26.0. The lowest BCUT2D eigenvalue weighted by molar-refractivity contribution is -0.129. The van der Waals surface area contributed by atoms with Gasteiger partial charge >= 0.3 is 0 Å². The number of aliphatic hydroxyl groups excluding tert-OH is 1. The van der Waals surface area contributed by atoms with E-state index in [1.165, 1.54) is 0 Å². The van der Waals surface area contributed by atoms with Crippen molar-refractivity contribution in [2.24, 2.45) is 10.1 Å². The second-order valence-electron chi connectivity index (χ2n) is 8.64. The fourth-order valence-corrected chi connectivity index (χ4v) is 3.74. The lowest BCUT2D eigenvalue weighted by atomic mass is 9.84. The number of nitrogens with one attached hydrogen (secondary N) is 2. The maximum absolute atomic E-state index is 13.5. The molecule has 3 N–H and O–H groups in total. The quantitative estimate of drug-likeness (QED) is 0.140. The molecule has 2 aromatic rings. The first-order valence-corrected chi connectivity index (χ1v) is 11.6. The molecule has 0 spiro atoms. The Morgan fingerprint density at radius 2 is 1.97 bits per heavy atom. The van der Waals surface area contributed by atoms with Crippen molar-refractivity contribution >= 4 is 11.8 Å². The van der Waals surface area contributed by atoms with Crippen LogP contribution in [0.25, 0.3) is 10.4 Å². The minimum absolute atomic E-state index is 0.0349. The number of hydrogen-bond acceptors (Lipinski definition) is 7. The van der Waals surface area contributed by atoms with E-state index in [0.717, 1.165) is 16.7 Å². The molecule has 10 heteroatoms. The van der Waals surface area contributed by atoms with E-state index in [2.05, 4.69) is 20.9 Å². The number of rotatable bonds is 12. The van der Waals surface area contributed by atoms with Crippen molar-refractivity contribution in [3.8, 4) is 5.75 Å². The summed E-state index contributed by atoms with van der Waals surface area (Å²) in [5.41, 5.74) is 15.7. The van der Waals surface area contributed by atoms with Gasteiger partial charge in [0.1, 0.15) is 11.9 Å². The number of benzene rings is 2. The standard InChI is InChI=1S/C25H32N6O4/c1-17(2)29-30-24(33)25(15-20-7-4-5-8-21(20)16-27-31-26)18(3)35-23(28-25)19-9-11-22(12-10-19)34-14-6-13-32/h4-5,7-12,17-18,29,32H,6,13-16H2,1-3H3,(H,30,33)/t18-,25-/m0/s1. The van der Waals surface area contributed by atoms with Crippen LogP contribution in [0.3, 0.4) is 0 Å². The van der Waals surface area contributed by atoms with Gasteiger partial charge in [0.2, 0.25) is 5.90 Å². The molecule has 0 aliphatic carbocycles. The third kappa shape index (κ3) is 6.51. The van der Waals surface area contributed by atoms with Gasteiger partial charge in [-0.1, -0.05) is 29.4 Å². The van der Waals surface area contributed by atoms with Crippen molar-refractivity contribution in [1.29, 1.82) is 0 Å². The van der Waals surface area contributed by atoms with E-state index in [4.69, 9.17) is 25.1 Å². The molecular formula is C25H32N6O4. The molecular weight excluding hydrogens is 448 g/mol. The van der Waals surface area contributed by atoms with Crippen LogP contribution in [0.4, 0.5) is 0 Å². The van der Waals surface area contributed by atoms with Gasteiger partial charge in [-0.2, -0.15) is 0 Å². The van der Waals surface area contributed by atoms with Gasteiger partial charge in [0.05, 0.1) is 13.2 Å². The zero-order chi connectivity index (χ0) is 25.3. The lowest BCUT2D eigenvalue weighted by Gasteiger charge is -2.29. The molecule has 1 aliphatic rings. The van der Waals surface area contributed by atoms with Crippen LogP contribution in [0.5, 0.6) is 5.75 Å². The first-order chi connectivity index (χ1) is 16.9. The second kappa shape index (κ2) is 12.2. The Hall–Kier alpha value is -3.59. The highest BCUT2D eigenvalue weighted by Crippen LogP contribution is 2.33. The zero-order valence-electron chi connectivity index (χ0n) is 20.3. The number of hydrogen-bond donors (Lipinski definition) is 3. The number of carbonyl (C=O) groups is 1. The molecule has 0 saturated heterocycles. The third-order valence-corrected chi connectivity index (χ3v) is 5.68. The summed E-state index contributed by atoms with van der Waals surface area (Å²) in [6.07, 6.45) is 0.264. The number of ether oxygens (including phenoxy) is 2. The monoisotopic (exact) mass is 480 g/mol. The van der Waals surface area contributed by atoms with Crippen molar-refractivity contribution in [2.45, 2.75) is 57.8 Å². The van der Waals surface area contributed by atoms with Gasteiger partial charge < -0.3 is 14.6 Å². The number of aliphatic hydroxyl groups is 1. The Bertz CT molecular complexity index is 1080. The third-order valence-electron chi connectivity index (χ3n) is 5.68. The van der Waals surface area contributed by atoms with Gasteiger partial charge in [0.15, 0.2) is 5.54 Å². The van der Waals surface area contributed by atoms with Crippen LogP contribution in [-0.2, 0) is 22.5 Å². The maximum atomic E-state index is 13.5. The fraction of sp³-hybridized carbons (Fsp3) is 0.440. The Balaban J connectivity index is 1.94. The highest BCUT2D eigenvalue weighted by molar-refractivity contribution is 6.00. The van der Waals surface area contributed by atoms with Crippen molar-refractivity contribution in [3.63, 3.8) is 0 Å². The van der Waals surface area contributed by atoms with Crippen molar-refractivity contribution < 1.29 is 19.4 Å². The average molecular weight is 481 g/mol. The van der Waals surface area contributed by atoms with E-state index in [1.54, 1.807) is 12.1 Å². The van der Waals surface area contributed by atoms with Crippen LogP contribution in [0.15, 0.2) is 58.6 Å². The van der Waals surface area contributed by atoms with Crippen molar-refractivity contribution in [2.75, 3.05) is 13.2 Å². The highest BCUT2D eigenvalue weighted by atomic mass is 16.5. The van der Waals surface area contributed by atoms with E-state index < -0.39 is 11.6 Å². The van der Waals surface area contributed by atoms with Crippen LogP contribution in [0.2, 0.25) is 0 Å². The van der Waals surface area contributed by atoms with Gasteiger partial charge in [-0.3, -0.25) is 10.2 Å². The SMILES string of the molecule is CC(C)NNC(=O)[C@@]1(Cc2ccccc2CN=[N+]=[N-])N=C(c2ccc(OCCCO)cc2)O[C@H]1C. The Morgan fingerprint density at radius 3 is 2.63 bits per heavy atom. The lowest BCUT2D eigenvalue weighted by Crippen LogP contribution is -2.57. The van der Waals surface area contributed by atoms with Crippen molar-refractivity contribution in [1.82, 2.24) is 10.9 Å². The minimum Gasteiger partial charge on any atom is -0.494 e. The molecule has 0 bridgehead atoms. The van der Waals surface area contributed by atoms with Crippen LogP contribution >= 0.6 is 0 Å². The number of carbonyl (C=O) groups excluding carboxylic acids is 1. The summed E-state index contributed by atoms with van der Waals surface area (Å²) in [7, 11) is 0. The second-order valence-corrected chi connectivity index (χ2v) is 8.64. The number of aliphatic imine (C=N–C) groups is 1. The van der Waals surface area contributed by atoms with E-state index in [1.807, 2.05) is 57.2 Å². The maximum Gasteiger partial charge on any atom is 0.266 e. The molecule has 1 amide bonds. The largest absolute Gasteiger partial charge is 0.494 e. The van der Waals surface area contributed by atoms with Crippen molar-refractivity contribution in [3.05, 3.63) is 75.7 Å². The van der Waals surface area contributed by atoms with E-state index >= 15 is 0 Å². The van der Waals surface area contributed by atoms with Gasteiger partial charge in [-0.05, 0) is 61.7 Å². The highest BCUT2D eigenvalue weighted by Gasteiger charge is 2.50. The van der Waals surface area contributed by atoms with Gasteiger partial charge in [0, 0.05) is 36.0 Å². The molecule has 0 radical (unpaired) electrons. The zero-order valence-corrected chi connectivity index (χ0v) is 20.3. The molecule has 0 unspecified atom stereocenters. The molecule has 35 heavy (non-hydrogen) atoms.